The highest BCUT2D eigenvalue weighted by Crippen LogP contribution is 2.20. The number of rotatable bonds is 5. The molecule has 1 rings (SSSR count). The van der Waals surface area contributed by atoms with E-state index in [-0.39, 0.29) is 11.8 Å². The summed E-state index contributed by atoms with van der Waals surface area (Å²) in [5.74, 6) is 0.765. The van der Waals surface area contributed by atoms with Crippen molar-refractivity contribution in [2.75, 3.05) is 20.7 Å². The van der Waals surface area contributed by atoms with Crippen molar-refractivity contribution in [1.82, 2.24) is 4.90 Å². The van der Waals surface area contributed by atoms with E-state index in [4.69, 9.17) is 4.74 Å². The number of likely N-dealkylation sites (N-methyl/N-ethyl adjacent to an activating group) is 1. The van der Waals surface area contributed by atoms with Gasteiger partial charge in [0, 0.05) is 14.1 Å². The number of hydrogen-bond donors (Lipinski definition) is 0. The Bertz CT molecular complexity index is 382. The summed E-state index contributed by atoms with van der Waals surface area (Å²) in [6, 6.07) is 7.59. The first-order chi connectivity index (χ1) is 8.06. The van der Waals surface area contributed by atoms with E-state index in [0.29, 0.717) is 6.61 Å². The summed E-state index contributed by atoms with van der Waals surface area (Å²) in [5, 5.41) is 0. The predicted molar refractivity (Wildman–Crippen MR) is 69.2 cm³/mol. The number of benzene rings is 1. The Balaban J connectivity index is 2.73. The first-order valence-corrected chi connectivity index (χ1v) is 5.61. The van der Waals surface area contributed by atoms with Crippen molar-refractivity contribution in [2.24, 2.45) is 0 Å². The molecule has 0 aliphatic heterocycles. The third kappa shape index (κ3) is 3.63. The Morgan fingerprint density at radius 1 is 1.41 bits per heavy atom. The third-order valence-electron chi connectivity index (χ3n) is 2.56. The lowest BCUT2D eigenvalue weighted by Gasteiger charge is -2.17. The molecule has 0 aliphatic rings. The van der Waals surface area contributed by atoms with Gasteiger partial charge in [-0.15, -0.1) is 0 Å². The van der Waals surface area contributed by atoms with Crippen LogP contribution >= 0.6 is 0 Å². The lowest BCUT2D eigenvalue weighted by atomic mass is 10.00. The number of carbonyl (C=O) groups excluding carboxylic acids is 1. The summed E-state index contributed by atoms with van der Waals surface area (Å²) >= 11 is 0. The van der Waals surface area contributed by atoms with Crippen LogP contribution in [-0.4, -0.2) is 31.5 Å². The molecule has 0 spiro atoms. The minimum Gasteiger partial charge on any atom is -0.490 e. The molecule has 0 aromatic heterocycles. The molecule has 92 valence electrons. The van der Waals surface area contributed by atoms with Crippen molar-refractivity contribution in [1.29, 1.82) is 0 Å². The summed E-state index contributed by atoms with van der Waals surface area (Å²) in [7, 11) is 3.53. The van der Waals surface area contributed by atoms with Gasteiger partial charge in [0.15, 0.2) is 0 Å². The van der Waals surface area contributed by atoms with Gasteiger partial charge in [0.2, 0.25) is 5.91 Å². The van der Waals surface area contributed by atoms with Crippen molar-refractivity contribution in [3.63, 3.8) is 0 Å². The van der Waals surface area contributed by atoms with Gasteiger partial charge in [-0.3, -0.25) is 4.79 Å². The smallest absolute Gasteiger partial charge is 0.229 e. The highest BCUT2D eigenvalue weighted by Gasteiger charge is 2.16. The van der Waals surface area contributed by atoms with Gasteiger partial charge in [-0.05, 0) is 24.6 Å². The fourth-order valence-corrected chi connectivity index (χ4v) is 1.54. The van der Waals surface area contributed by atoms with E-state index in [0.717, 1.165) is 11.3 Å². The first-order valence-electron chi connectivity index (χ1n) is 5.61. The van der Waals surface area contributed by atoms with E-state index in [1.807, 2.05) is 31.2 Å². The Labute approximate surface area is 103 Å². The highest BCUT2D eigenvalue weighted by atomic mass is 16.5. The number of nitrogens with zero attached hydrogens (tertiary/aromatic N) is 1. The summed E-state index contributed by atoms with van der Waals surface area (Å²) in [6.07, 6.45) is 1.70. The molecule has 1 amide bonds. The molecule has 17 heavy (non-hydrogen) atoms. The fourth-order valence-electron chi connectivity index (χ4n) is 1.54. The van der Waals surface area contributed by atoms with Crippen molar-refractivity contribution >= 4 is 5.91 Å². The zero-order chi connectivity index (χ0) is 12.8. The van der Waals surface area contributed by atoms with Gasteiger partial charge in [-0.25, -0.2) is 0 Å². The van der Waals surface area contributed by atoms with Gasteiger partial charge in [0.25, 0.3) is 0 Å². The van der Waals surface area contributed by atoms with Crippen LogP contribution in [-0.2, 0) is 4.79 Å². The monoisotopic (exact) mass is 233 g/mol. The second kappa shape index (κ2) is 6.09. The van der Waals surface area contributed by atoms with Crippen molar-refractivity contribution in [3.8, 4) is 5.75 Å². The van der Waals surface area contributed by atoms with E-state index in [1.165, 1.54) is 0 Å². The summed E-state index contributed by atoms with van der Waals surface area (Å²) < 4.78 is 5.38. The number of carbonyl (C=O) groups is 1. The van der Waals surface area contributed by atoms with E-state index in [2.05, 4.69) is 6.58 Å². The van der Waals surface area contributed by atoms with E-state index in [1.54, 1.807) is 25.1 Å². The van der Waals surface area contributed by atoms with Gasteiger partial charge < -0.3 is 9.64 Å². The molecule has 0 heterocycles. The number of ether oxygens (including phenoxy) is 1. The Morgan fingerprint density at radius 3 is 2.47 bits per heavy atom. The van der Waals surface area contributed by atoms with Gasteiger partial charge in [0.05, 0.1) is 5.92 Å². The van der Waals surface area contributed by atoms with E-state index >= 15 is 0 Å². The van der Waals surface area contributed by atoms with Crippen LogP contribution in [0.3, 0.4) is 0 Å². The lowest BCUT2D eigenvalue weighted by Crippen LogP contribution is -2.26. The molecule has 0 aliphatic carbocycles. The molecule has 0 bridgehead atoms. The molecule has 3 heteroatoms. The van der Waals surface area contributed by atoms with E-state index < -0.39 is 0 Å². The molecular formula is C14H19NO2. The number of hydrogen-bond acceptors (Lipinski definition) is 2. The molecule has 1 aromatic carbocycles. The lowest BCUT2D eigenvalue weighted by molar-refractivity contribution is -0.129. The molecule has 1 atom stereocenters. The van der Waals surface area contributed by atoms with Crippen LogP contribution in [0.25, 0.3) is 0 Å². The molecule has 0 N–H and O–H groups in total. The molecule has 0 saturated heterocycles. The maximum Gasteiger partial charge on any atom is 0.229 e. The molecule has 0 saturated carbocycles. The number of amides is 1. The normalized spacial score (nSPS) is 11.7. The van der Waals surface area contributed by atoms with Crippen LogP contribution in [0.5, 0.6) is 5.75 Å². The second-order valence-corrected chi connectivity index (χ2v) is 4.12. The van der Waals surface area contributed by atoms with Crippen LogP contribution < -0.4 is 4.74 Å². The maximum absolute atomic E-state index is 11.8. The zero-order valence-corrected chi connectivity index (χ0v) is 10.6. The van der Waals surface area contributed by atoms with Crippen molar-refractivity contribution < 1.29 is 9.53 Å². The zero-order valence-electron chi connectivity index (χ0n) is 10.6. The Kier molecular flexibility index (Phi) is 4.76. The quantitative estimate of drug-likeness (QED) is 0.731. The predicted octanol–water partition coefficient (Wildman–Crippen LogP) is 2.44. The van der Waals surface area contributed by atoms with Crippen LogP contribution in [0.2, 0.25) is 0 Å². The summed E-state index contributed by atoms with van der Waals surface area (Å²) in [4.78, 5) is 13.4. The molecular weight excluding hydrogens is 214 g/mol. The van der Waals surface area contributed by atoms with Crippen LogP contribution in [0.15, 0.2) is 36.9 Å². The SMILES string of the molecule is C=CCOc1ccc(C(C)C(=O)N(C)C)cc1. The van der Waals surface area contributed by atoms with Crippen molar-refractivity contribution in [3.05, 3.63) is 42.5 Å². The Morgan fingerprint density at radius 2 is 2.00 bits per heavy atom. The molecule has 0 radical (unpaired) electrons. The van der Waals surface area contributed by atoms with Crippen LogP contribution in [0, 0.1) is 0 Å². The van der Waals surface area contributed by atoms with Crippen LogP contribution in [0.4, 0.5) is 0 Å². The summed E-state index contributed by atoms with van der Waals surface area (Å²) in [5.41, 5.74) is 0.995. The minimum absolute atomic E-state index is 0.102. The molecule has 1 unspecified atom stereocenters. The first kappa shape index (κ1) is 13.3. The minimum atomic E-state index is -0.126. The molecule has 0 fully saturated rings. The van der Waals surface area contributed by atoms with Gasteiger partial charge in [-0.1, -0.05) is 24.8 Å². The Hall–Kier alpha value is -1.77. The standard InChI is InChI=1S/C14H19NO2/c1-5-10-17-13-8-6-12(7-9-13)11(2)14(16)15(3)4/h5-9,11H,1,10H2,2-4H3. The average Bonchev–Trinajstić information content (AvgIpc) is 2.35. The average molecular weight is 233 g/mol. The van der Waals surface area contributed by atoms with Gasteiger partial charge in [-0.2, -0.15) is 0 Å². The largest absolute Gasteiger partial charge is 0.490 e. The molecule has 3 nitrogen and oxygen atoms in total. The van der Waals surface area contributed by atoms with E-state index in [9.17, 15) is 4.79 Å². The van der Waals surface area contributed by atoms with Crippen LogP contribution in [0.1, 0.15) is 18.4 Å². The van der Waals surface area contributed by atoms with Crippen molar-refractivity contribution in [2.45, 2.75) is 12.8 Å². The topological polar surface area (TPSA) is 29.5 Å². The fraction of sp³-hybridized carbons (Fsp3) is 0.357. The molecule has 1 aromatic rings. The maximum atomic E-state index is 11.8. The summed E-state index contributed by atoms with van der Waals surface area (Å²) in [6.45, 7) is 5.99. The second-order valence-electron chi connectivity index (χ2n) is 4.12. The highest BCUT2D eigenvalue weighted by molar-refractivity contribution is 5.82. The third-order valence-corrected chi connectivity index (χ3v) is 2.56. The van der Waals surface area contributed by atoms with Gasteiger partial charge >= 0.3 is 0 Å². The van der Waals surface area contributed by atoms with Gasteiger partial charge in [0.1, 0.15) is 12.4 Å².